The zero-order chi connectivity index (χ0) is 29.8. The minimum absolute atomic E-state index is 0.131. The highest BCUT2D eigenvalue weighted by Crippen LogP contribution is 2.55. The van der Waals surface area contributed by atoms with Gasteiger partial charge in [0, 0.05) is 18.5 Å². The number of benzene rings is 2. The van der Waals surface area contributed by atoms with Gasteiger partial charge in [-0.1, -0.05) is 24.3 Å². The molecule has 2 aromatic rings. The summed E-state index contributed by atoms with van der Waals surface area (Å²) in [7, 11) is 0. The summed E-state index contributed by atoms with van der Waals surface area (Å²) in [6.07, 6.45) is 7.68. The Hall–Kier alpha value is -3.39. The minimum Gasteiger partial charge on any atom is -0.508 e. The van der Waals surface area contributed by atoms with Crippen molar-refractivity contribution in [2.45, 2.75) is 102 Å². The van der Waals surface area contributed by atoms with Gasteiger partial charge in [-0.3, -0.25) is 14.4 Å². The molecule has 0 unspecified atom stereocenters. The van der Waals surface area contributed by atoms with Crippen LogP contribution in [0.3, 0.4) is 0 Å². The Bertz CT molecular complexity index is 1350. The fraction of sp³-hybridized carbons (Fsp3) is 0.559. The number of nitrogens with two attached hydrogens (primary N) is 1. The lowest BCUT2D eigenvalue weighted by Gasteiger charge is -2.57. The zero-order valence-electron chi connectivity index (χ0n) is 25.0. The maximum absolute atomic E-state index is 13.8. The van der Waals surface area contributed by atoms with Crippen LogP contribution in [0.25, 0.3) is 0 Å². The molecule has 7 rings (SSSR count). The number of aromatic hydroxyl groups is 1. The molecular formula is C34H44N4O4. The second-order valence-corrected chi connectivity index (χ2v) is 13.7. The van der Waals surface area contributed by atoms with Crippen LogP contribution in [0.2, 0.25) is 0 Å². The summed E-state index contributed by atoms with van der Waals surface area (Å²) in [5.41, 5.74) is 11.0. The van der Waals surface area contributed by atoms with Crippen molar-refractivity contribution >= 4 is 17.7 Å². The number of nitrogens with zero attached hydrogens (tertiary/aromatic N) is 1. The number of fused-ring (bicyclic) bond motifs is 1. The number of hydrogen-bond donors (Lipinski definition) is 4. The van der Waals surface area contributed by atoms with Crippen molar-refractivity contribution in [3.8, 4) is 5.75 Å². The van der Waals surface area contributed by atoms with Crippen LogP contribution in [0.15, 0.2) is 36.4 Å². The fourth-order valence-corrected chi connectivity index (χ4v) is 8.81. The van der Waals surface area contributed by atoms with E-state index in [0.29, 0.717) is 30.6 Å². The summed E-state index contributed by atoms with van der Waals surface area (Å²) >= 11 is 0. The first kappa shape index (κ1) is 28.7. The number of amides is 3. The number of phenolic OH excluding ortho intramolecular Hbond substituents is 1. The molecule has 0 radical (unpaired) electrons. The highest BCUT2D eigenvalue weighted by molar-refractivity contribution is 5.93. The van der Waals surface area contributed by atoms with Gasteiger partial charge in [-0.2, -0.15) is 0 Å². The Kier molecular flexibility index (Phi) is 7.54. The van der Waals surface area contributed by atoms with Crippen molar-refractivity contribution in [2.24, 2.45) is 23.5 Å². The molecule has 0 spiro atoms. The number of phenols is 1. The lowest BCUT2D eigenvalue weighted by Crippen LogP contribution is -2.63. The zero-order valence-corrected chi connectivity index (χ0v) is 25.0. The molecule has 42 heavy (non-hydrogen) atoms. The van der Waals surface area contributed by atoms with Crippen LogP contribution in [-0.2, 0) is 33.8 Å². The lowest BCUT2D eigenvalue weighted by molar-refractivity contribution is -0.143. The minimum atomic E-state index is -0.857. The van der Waals surface area contributed by atoms with Gasteiger partial charge in [0.25, 0.3) is 0 Å². The van der Waals surface area contributed by atoms with Gasteiger partial charge in [-0.25, -0.2) is 0 Å². The third-order valence-corrected chi connectivity index (χ3v) is 10.4. The molecule has 0 saturated heterocycles. The molecule has 224 valence electrons. The monoisotopic (exact) mass is 572 g/mol. The number of carbonyl (C=O) groups excluding carboxylic acids is 3. The molecule has 0 aromatic heterocycles. The van der Waals surface area contributed by atoms with E-state index in [1.807, 2.05) is 38.1 Å². The largest absolute Gasteiger partial charge is 0.508 e. The van der Waals surface area contributed by atoms with Crippen molar-refractivity contribution in [3.05, 3.63) is 64.2 Å². The Labute approximate surface area is 248 Å². The molecule has 5 aliphatic rings. The predicted octanol–water partition coefficient (Wildman–Crippen LogP) is 3.42. The van der Waals surface area contributed by atoms with E-state index in [1.165, 1.54) is 19.3 Å². The topological polar surface area (TPSA) is 125 Å². The van der Waals surface area contributed by atoms with Gasteiger partial charge in [0.15, 0.2) is 0 Å². The first-order valence-electron chi connectivity index (χ1n) is 15.5. The molecule has 1 heterocycles. The van der Waals surface area contributed by atoms with Gasteiger partial charge in [-0.15, -0.1) is 0 Å². The first-order valence-corrected chi connectivity index (χ1v) is 15.5. The molecule has 4 bridgehead atoms. The Balaban J connectivity index is 1.16. The molecule has 2 aromatic carbocycles. The highest BCUT2D eigenvalue weighted by atomic mass is 16.3. The summed E-state index contributed by atoms with van der Waals surface area (Å²) in [6, 6.07) is 8.84. The normalized spacial score (nSPS) is 29.0. The standard InChI is InChI=1S/C34H44N4O4/c1-19-8-27(39)9-20(2)28(19)14-29(35)33(42)38-18-26-7-5-4-6-25(26)13-30(38)32(41)36-21(3)31(40)37-34-15-22-10-23(16-34)12-24(11-22)17-34/h4-9,21-24,29-30,39H,10-18,35H2,1-3H3,(H,36,41)(H,37,40)/t21-,22?,23?,24?,29-,30-,34?/m0/s1. The molecule has 8 heteroatoms. The van der Waals surface area contributed by atoms with Crippen LogP contribution in [0.1, 0.15) is 73.3 Å². The van der Waals surface area contributed by atoms with E-state index in [0.717, 1.165) is 47.1 Å². The number of hydrogen-bond acceptors (Lipinski definition) is 5. The van der Waals surface area contributed by atoms with Crippen molar-refractivity contribution in [3.63, 3.8) is 0 Å². The van der Waals surface area contributed by atoms with Gasteiger partial charge in [0.2, 0.25) is 17.7 Å². The number of rotatable bonds is 7. The van der Waals surface area contributed by atoms with Crippen LogP contribution in [0, 0.1) is 31.6 Å². The number of carbonyl (C=O) groups is 3. The summed E-state index contributed by atoms with van der Waals surface area (Å²) in [5, 5.41) is 16.3. The maximum Gasteiger partial charge on any atom is 0.243 e. The second-order valence-electron chi connectivity index (χ2n) is 13.7. The van der Waals surface area contributed by atoms with E-state index in [4.69, 9.17) is 5.73 Å². The van der Waals surface area contributed by atoms with Crippen molar-refractivity contribution in [1.29, 1.82) is 0 Å². The summed E-state index contributed by atoms with van der Waals surface area (Å²) in [5.74, 6) is 1.52. The van der Waals surface area contributed by atoms with Crippen LogP contribution >= 0.6 is 0 Å². The molecule has 4 saturated carbocycles. The van der Waals surface area contributed by atoms with Gasteiger partial charge in [0.1, 0.15) is 17.8 Å². The van der Waals surface area contributed by atoms with Crippen LogP contribution in [0.5, 0.6) is 5.75 Å². The predicted molar refractivity (Wildman–Crippen MR) is 160 cm³/mol. The quantitative estimate of drug-likeness (QED) is 0.405. The Morgan fingerprint density at radius 2 is 1.57 bits per heavy atom. The third-order valence-electron chi connectivity index (χ3n) is 10.4. The van der Waals surface area contributed by atoms with E-state index in [2.05, 4.69) is 10.6 Å². The van der Waals surface area contributed by atoms with E-state index >= 15 is 0 Å². The Morgan fingerprint density at radius 3 is 2.17 bits per heavy atom. The van der Waals surface area contributed by atoms with Gasteiger partial charge >= 0.3 is 0 Å². The van der Waals surface area contributed by atoms with E-state index < -0.39 is 18.1 Å². The summed E-state index contributed by atoms with van der Waals surface area (Å²) in [6.45, 7) is 5.80. The molecular weight excluding hydrogens is 528 g/mol. The van der Waals surface area contributed by atoms with Gasteiger partial charge in [0.05, 0.1) is 6.04 Å². The average Bonchev–Trinajstić information content (AvgIpc) is 2.92. The molecule has 4 aliphatic carbocycles. The van der Waals surface area contributed by atoms with Crippen molar-refractivity contribution in [2.75, 3.05) is 0 Å². The van der Waals surface area contributed by atoms with E-state index in [9.17, 15) is 19.5 Å². The van der Waals surface area contributed by atoms with Gasteiger partial charge in [-0.05, 0) is 123 Å². The number of aryl methyl sites for hydroxylation is 2. The summed E-state index contributed by atoms with van der Waals surface area (Å²) < 4.78 is 0. The third kappa shape index (κ3) is 5.53. The number of nitrogens with one attached hydrogen (secondary N) is 2. The lowest BCUT2D eigenvalue weighted by atomic mass is 9.53. The highest BCUT2D eigenvalue weighted by Gasteiger charge is 2.52. The second kappa shape index (κ2) is 11.0. The first-order chi connectivity index (χ1) is 20.0. The van der Waals surface area contributed by atoms with Gasteiger partial charge < -0.3 is 26.4 Å². The molecule has 8 nitrogen and oxygen atoms in total. The van der Waals surface area contributed by atoms with Crippen LogP contribution < -0.4 is 16.4 Å². The molecule has 3 amide bonds. The fourth-order valence-electron chi connectivity index (χ4n) is 8.81. The average molecular weight is 573 g/mol. The maximum atomic E-state index is 13.8. The van der Waals surface area contributed by atoms with Crippen molar-refractivity contribution in [1.82, 2.24) is 15.5 Å². The molecule has 5 N–H and O–H groups in total. The van der Waals surface area contributed by atoms with E-state index in [1.54, 1.807) is 24.0 Å². The summed E-state index contributed by atoms with van der Waals surface area (Å²) in [4.78, 5) is 42.6. The SMILES string of the molecule is Cc1cc(O)cc(C)c1C[C@H](N)C(=O)N1Cc2ccccc2C[C@H]1C(=O)N[C@@H](C)C(=O)NC12CC3CC(CC(C3)C1)C2. The molecule has 1 aliphatic heterocycles. The molecule has 3 atom stereocenters. The van der Waals surface area contributed by atoms with E-state index in [-0.39, 0.29) is 35.6 Å². The smallest absolute Gasteiger partial charge is 0.243 e. The van der Waals surface area contributed by atoms with Crippen LogP contribution in [-0.4, -0.2) is 51.4 Å². The Morgan fingerprint density at radius 1 is 1.00 bits per heavy atom. The van der Waals surface area contributed by atoms with Crippen molar-refractivity contribution < 1.29 is 19.5 Å². The van der Waals surface area contributed by atoms with Crippen LogP contribution in [0.4, 0.5) is 0 Å². The molecule has 4 fully saturated rings.